The van der Waals surface area contributed by atoms with Crippen LogP contribution in [0.15, 0.2) is 53.9 Å². The minimum atomic E-state index is -0.350. The van der Waals surface area contributed by atoms with Crippen molar-refractivity contribution < 1.29 is 4.79 Å². The van der Waals surface area contributed by atoms with Crippen LogP contribution in [0.25, 0.3) is 11.3 Å². The Morgan fingerprint density at radius 2 is 1.91 bits per heavy atom. The molecule has 0 saturated heterocycles. The molecule has 0 aliphatic heterocycles. The van der Waals surface area contributed by atoms with E-state index in [1.165, 1.54) is 16.9 Å². The molecule has 0 unspecified atom stereocenters. The van der Waals surface area contributed by atoms with Gasteiger partial charge in [-0.2, -0.15) is 0 Å². The molecule has 0 atom stereocenters. The summed E-state index contributed by atoms with van der Waals surface area (Å²) in [6.45, 7) is 2.04. The molecular weight excluding hydrogens is 330 g/mol. The van der Waals surface area contributed by atoms with Crippen molar-refractivity contribution in [2.75, 3.05) is 10.6 Å². The van der Waals surface area contributed by atoms with Crippen molar-refractivity contribution in [2.24, 2.45) is 0 Å². The minimum Gasteiger partial charge on any atom is -0.308 e. The summed E-state index contributed by atoms with van der Waals surface area (Å²) in [6.07, 6.45) is 0. The standard InChI is InChI=1S/C17H14ClN3OS/c1-11-5-7-12(8-6-11)15-10-23-17(20-15)21-16(22)19-14-4-2-3-13(18)9-14/h2-10H,1H3,(H2,19,20,21,22). The molecule has 0 saturated carbocycles. The number of hydrogen-bond acceptors (Lipinski definition) is 3. The van der Waals surface area contributed by atoms with Crippen LogP contribution in [0, 0.1) is 6.92 Å². The highest BCUT2D eigenvalue weighted by molar-refractivity contribution is 7.14. The summed E-state index contributed by atoms with van der Waals surface area (Å²) < 4.78 is 0. The molecule has 0 bridgehead atoms. The van der Waals surface area contributed by atoms with Crippen LogP contribution in [0.2, 0.25) is 5.02 Å². The first kappa shape index (κ1) is 15.5. The van der Waals surface area contributed by atoms with Gasteiger partial charge >= 0.3 is 6.03 Å². The van der Waals surface area contributed by atoms with Gasteiger partial charge in [0, 0.05) is 21.7 Å². The summed E-state index contributed by atoms with van der Waals surface area (Å²) in [5, 5.41) is 8.47. The summed E-state index contributed by atoms with van der Waals surface area (Å²) in [7, 11) is 0. The zero-order valence-electron chi connectivity index (χ0n) is 12.3. The van der Waals surface area contributed by atoms with E-state index in [1.807, 2.05) is 36.6 Å². The van der Waals surface area contributed by atoms with Gasteiger partial charge in [0.05, 0.1) is 5.69 Å². The van der Waals surface area contributed by atoms with Crippen molar-refractivity contribution in [1.82, 2.24) is 4.98 Å². The van der Waals surface area contributed by atoms with Gasteiger partial charge in [0.1, 0.15) is 0 Å². The molecular formula is C17H14ClN3OS. The molecule has 0 aliphatic carbocycles. The van der Waals surface area contributed by atoms with Crippen molar-refractivity contribution in [1.29, 1.82) is 0 Å². The zero-order valence-corrected chi connectivity index (χ0v) is 13.9. The van der Waals surface area contributed by atoms with E-state index >= 15 is 0 Å². The molecule has 116 valence electrons. The average Bonchev–Trinajstić information content (AvgIpc) is 2.96. The molecule has 3 aromatic rings. The highest BCUT2D eigenvalue weighted by Gasteiger charge is 2.08. The lowest BCUT2D eigenvalue weighted by Gasteiger charge is -2.05. The van der Waals surface area contributed by atoms with Gasteiger partial charge < -0.3 is 5.32 Å². The van der Waals surface area contributed by atoms with Crippen LogP contribution < -0.4 is 10.6 Å². The normalized spacial score (nSPS) is 10.3. The Labute approximate surface area is 143 Å². The van der Waals surface area contributed by atoms with Crippen LogP contribution in [0.4, 0.5) is 15.6 Å². The average molecular weight is 344 g/mol. The van der Waals surface area contributed by atoms with E-state index in [-0.39, 0.29) is 6.03 Å². The number of urea groups is 1. The molecule has 4 nitrogen and oxygen atoms in total. The first-order chi connectivity index (χ1) is 11.1. The van der Waals surface area contributed by atoms with Crippen molar-refractivity contribution in [2.45, 2.75) is 6.92 Å². The van der Waals surface area contributed by atoms with Crippen molar-refractivity contribution >= 4 is 39.8 Å². The Morgan fingerprint density at radius 1 is 1.13 bits per heavy atom. The van der Waals surface area contributed by atoms with Crippen LogP contribution in [0.5, 0.6) is 0 Å². The van der Waals surface area contributed by atoms with Gasteiger partial charge in [0.25, 0.3) is 0 Å². The third kappa shape index (κ3) is 4.09. The maximum atomic E-state index is 12.0. The molecule has 0 fully saturated rings. The Balaban J connectivity index is 1.66. The number of rotatable bonds is 3. The van der Waals surface area contributed by atoms with Crippen LogP contribution in [0.1, 0.15) is 5.56 Å². The molecule has 0 spiro atoms. The smallest absolute Gasteiger partial charge is 0.308 e. The highest BCUT2D eigenvalue weighted by atomic mass is 35.5. The summed E-state index contributed by atoms with van der Waals surface area (Å²) >= 11 is 7.27. The third-order valence-electron chi connectivity index (χ3n) is 3.15. The van der Waals surface area contributed by atoms with Gasteiger partial charge in [-0.15, -0.1) is 11.3 Å². The number of hydrogen-bond donors (Lipinski definition) is 2. The third-order valence-corrected chi connectivity index (χ3v) is 4.15. The molecule has 2 N–H and O–H groups in total. The molecule has 6 heteroatoms. The number of carbonyl (C=O) groups is 1. The molecule has 2 amide bonds. The SMILES string of the molecule is Cc1ccc(-c2csc(NC(=O)Nc3cccc(Cl)c3)n2)cc1. The van der Waals surface area contributed by atoms with Crippen LogP contribution in [0.3, 0.4) is 0 Å². The van der Waals surface area contributed by atoms with Crippen molar-refractivity contribution in [3.05, 3.63) is 64.5 Å². The largest absolute Gasteiger partial charge is 0.325 e. The lowest BCUT2D eigenvalue weighted by Crippen LogP contribution is -2.19. The second-order valence-electron chi connectivity index (χ2n) is 4.99. The molecule has 2 aromatic carbocycles. The number of nitrogens with one attached hydrogen (secondary N) is 2. The maximum absolute atomic E-state index is 12.0. The van der Waals surface area contributed by atoms with Crippen LogP contribution in [-0.4, -0.2) is 11.0 Å². The highest BCUT2D eigenvalue weighted by Crippen LogP contribution is 2.25. The van der Waals surface area contributed by atoms with E-state index in [1.54, 1.807) is 24.3 Å². The summed E-state index contributed by atoms with van der Waals surface area (Å²) in [4.78, 5) is 16.4. The van der Waals surface area contributed by atoms with Gasteiger partial charge in [-0.1, -0.05) is 47.5 Å². The van der Waals surface area contributed by atoms with E-state index in [2.05, 4.69) is 15.6 Å². The van der Waals surface area contributed by atoms with Crippen molar-refractivity contribution in [3.63, 3.8) is 0 Å². The van der Waals surface area contributed by atoms with E-state index in [0.29, 0.717) is 15.8 Å². The number of aryl methyl sites for hydroxylation is 1. The Kier molecular flexibility index (Phi) is 4.60. The number of carbonyl (C=O) groups excluding carboxylic acids is 1. The van der Waals surface area contributed by atoms with Crippen molar-refractivity contribution in [3.8, 4) is 11.3 Å². The van der Waals surface area contributed by atoms with Gasteiger partial charge in [-0.25, -0.2) is 9.78 Å². The number of amides is 2. The Bertz CT molecular complexity index is 830. The quantitative estimate of drug-likeness (QED) is 0.667. The monoisotopic (exact) mass is 343 g/mol. The number of aromatic nitrogens is 1. The first-order valence-electron chi connectivity index (χ1n) is 6.96. The summed E-state index contributed by atoms with van der Waals surface area (Å²) in [5.41, 5.74) is 3.69. The predicted octanol–water partition coefficient (Wildman–Crippen LogP) is 5.42. The molecule has 1 heterocycles. The second-order valence-corrected chi connectivity index (χ2v) is 6.29. The summed E-state index contributed by atoms with van der Waals surface area (Å²) in [6, 6.07) is 14.7. The number of benzene rings is 2. The number of halogens is 1. The van der Waals surface area contributed by atoms with E-state index in [0.717, 1.165) is 11.3 Å². The molecule has 0 radical (unpaired) electrons. The maximum Gasteiger partial charge on any atom is 0.325 e. The fourth-order valence-corrected chi connectivity index (χ4v) is 2.92. The first-order valence-corrected chi connectivity index (χ1v) is 8.22. The molecule has 0 aliphatic rings. The van der Waals surface area contributed by atoms with Gasteiger partial charge in [0.2, 0.25) is 0 Å². The molecule has 1 aromatic heterocycles. The summed E-state index contributed by atoms with van der Waals surface area (Å²) in [5.74, 6) is 0. The zero-order chi connectivity index (χ0) is 16.2. The Morgan fingerprint density at radius 3 is 2.65 bits per heavy atom. The lowest BCUT2D eigenvalue weighted by molar-refractivity contribution is 0.262. The van der Waals surface area contributed by atoms with Gasteiger partial charge in [-0.3, -0.25) is 5.32 Å². The molecule has 3 rings (SSSR count). The fourth-order valence-electron chi connectivity index (χ4n) is 2.01. The molecule has 23 heavy (non-hydrogen) atoms. The van der Waals surface area contributed by atoms with Gasteiger partial charge in [0.15, 0.2) is 5.13 Å². The Hall–Kier alpha value is -2.37. The fraction of sp³-hybridized carbons (Fsp3) is 0.0588. The number of thiazole rings is 1. The topological polar surface area (TPSA) is 54.0 Å². The number of nitrogens with zero attached hydrogens (tertiary/aromatic N) is 1. The van der Waals surface area contributed by atoms with Crippen LogP contribution in [-0.2, 0) is 0 Å². The van der Waals surface area contributed by atoms with E-state index < -0.39 is 0 Å². The lowest BCUT2D eigenvalue weighted by atomic mass is 10.1. The predicted molar refractivity (Wildman–Crippen MR) is 96.4 cm³/mol. The minimum absolute atomic E-state index is 0.350. The van der Waals surface area contributed by atoms with E-state index in [9.17, 15) is 4.79 Å². The van der Waals surface area contributed by atoms with E-state index in [4.69, 9.17) is 11.6 Å². The number of anilines is 2. The second kappa shape index (κ2) is 6.81. The van der Waals surface area contributed by atoms with Crippen LogP contribution >= 0.6 is 22.9 Å². The van der Waals surface area contributed by atoms with Gasteiger partial charge in [-0.05, 0) is 25.1 Å².